The summed E-state index contributed by atoms with van der Waals surface area (Å²) in [6.07, 6.45) is 1.37. The molecule has 0 saturated carbocycles. The average molecular weight is 350 g/mol. The number of carbonyl (C=O) groups excluding carboxylic acids is 3. The van der Waals surface area contributed by atoms with Crippen molar-refractivity contribution in [3.05, 3.63) is 47.4 Å². The van der Waals surface area contributed by atoms with Gasteiger partial charge in [0, 0.05) is 12.6 Å². The number of furan rings is 1. The molecule has 0 saturated heterocycles. The fourth-order valence-corrected chi connectivity index (χ4v) is 2.10. The molecule has 126 valence electrons. The number of amides is 3. The predicted molar refractivity (Wildman–Crippen MR) is 90.0 cm³/mol. The maximum absolute atomic E-state index is 12.1. The van der Waals surface area contributed by atoms with Gasteiger partial charge in [0.2, 0.25) is 11.8 Å². The molecule has 3 N–H and O–H groups in total. The Morgan fingerprint density at radius 1 is 1.17 bits per heavy atom. The molecule has 7 nitrogen and oxygen atoms in total. The Kier molecular flexibility index (Phi) is 5.59. The Bertz CT molecular complexity index is 759. The van der Waals surface area contributed by atoms with E-state index in [1.54, 1.807) is 25.1 Å². The average Bonchev–Trinajstić information content (AvgIpc) is 3.04. The van der Waals surface area contributed by atoms with Crippen LogP contribution in [0.5, 0.6) is 0 Å². The Labute approximate surface area is 143 Å². The fourth-order valence-electron chi connectivity index (χ4n) is 1.88. The third kappa shape index (κ3) is 4.60. The minimum absolute atomic E-state index is 0.123. The van der Waals surface area contributed by atoms with Crippen molar-refractivity contribution in [3.63, 3.8) is 0 Å². The third-order valence-corrected chi connectivity index (χ3v) is 3.35. The van der Waals surface area contributed by atoms with Crippen LogP contribution in [0.1, 0.15) is 24.4 Å². The van der Waals surface area contributed by atoms with Crippen LogP contribution in [0, 0.1) is 0 Å². The molecule has 0 aliphatic rings. The molecule has 0 bridgehead atoms. The van der Waals surface area contributed by atoms with Crippen LogP contribution in [0.15, 0.2) is 41.0 Å². The number of carbonyl (C=O) groups is 3. The van der Waals surface area contributed by atoms with Gasteiger partial charge >= 0.3 is 0 Å². The van der Waals surface area contributed by atoms with Crippen LogP contribution in [0.2, 0.25) is 5.02 Å². The highest BCUT2D eigenvalue weighted by Gasteiger charge is 2.18. The van der Waals surface area contributed by atoms with Crippen LogP contribution in [0.25, 0.3) is 0 Å². The first-order chi connectivity index (χ1) is 11.4. The van der Waals surface area contributed by atoms with E-state index in [2.05, 4.69) is 16.0 Å². The Balaban J connectivity index is 1.97. The zero-order valence-corrected chi connectivity index (χ0v) is 13.8. The van der Waals surface area contributed by atoms with Gasteiger partial charge in [0.05, 0.1) is 17.0 Å². The molecule has 0 radical (unpaired) electrons. The predicted octanol–water partition coefficient (Wildman–Crippen LogP) is 2.65. The molecular formula is C16H16ClN3O4. The van der Waals surface area contributed by atoms with Gasteiger partial charge in [0.15, 0.2) is 5.76 Å². The number of anilines is 2. The van der Waals surface area contributed by atoms with Crippen LogP contribution in [-0.2, 0) is 9.59 Å². The zero-order valence-electron chi connectivity index (χ0n) is 13.1. The lowest BCUT2D eigenvalue weighted by Gasteiger charge is -2.14. The second kappa shape index (κ2) is 7.65. The second-order valence-corrected chi connectivity index (χ2v) is 5.44. The van der Waals surface area contributed by atoms with E-state index in [1.807, 2.05) is 0 Å². The highest BCUT2D eigenvalue weighted by atomic mass is 35.5. The van der Waals surface area contributed by atoms with Gasteiger partial charge in [-0.2, -0.15) is 0 Å². The van der Waals surface area contributed by atoms with Crippen molar-refractivity contribution in [3.8, 4) is 0 Å². The summed E-state index contributed by atoms with van der Waals surface area (Å²) in [6, 6.07) is 6.97. The van der Waals surface area contributed by atoms with Gasteiger partial charge in [-0.1, -0.05) is 11.6 Å². The molecule has 0 aliphatic heterocycles. The Morgan fingerprint density at radius 2 is 1.92 bits per heavy atom. The van der Waals surface area contributed by atoms with Crippen molar-refractivity contribution >= 4 is 40.7 Å². The quantitative estimate of drug-likeness (QED) is 0.772. The van der Waals surface area contributed by atoms with Gasteiger partial charge in [0.25, 0.3) is 5.91 Å². The Morgan fingerprint density at radius 3 is 2.50 bits per heavy atom. The minimum Gasteiger partial charge on any atom is -0.459 e. The van der Waals surface area contributed by atoms with Crippen molar-refractivity contribution in [2.24, 2.45) is 0 Å². The maximum Gasteiger partial charge on any atom is 0.287 e. The van der Waals surface area contributed by atoms with Crippen LogP contribution in [0.3, 0.4) is 0 Å². The first-order valence-electron chi connectivity index (χ1n) is 7.09. The van der Waals surface area contributed by atoms with Crippen molar-refractivity contribution in [2.75, 3.05) is 10.6 Å². The topological polar surface area (TPSA) is 100 Å². The van der Waals surface area contributed by atoms with Gasteiger partial charge in [-0.25, -0.2) is 0 Å². The summed E-state index contributed by atoms with van der Waals surface area (Å²) >= 11 is 6.04. The van der Waals surface area contributed by atoms with Gasteiger partial charge in [-0.3, -0.25) is 14.4 Å². The summed E-state index contributed by atoms with van der Waals surface area (Å²) in [5.41, 5.74) is 0.888. The highest BCUT2D eigenvalue weighted by molar-refractivity contribution is 6.34. The van der Waals surface area contributed by atoms with Crippen molar-refractivity contribution in [1.82, 2.24) is 5.32 Å². The molecule has 0 spiro atoms. The van der Waals surface area contributed by atoms with Crippen LogP contribution < -0.4 is 16.0 Å². The second-order valence-electron chi connectivity index (χ2n) is 5.04. The maximum atomic E-state index is 12.1. The molecule has 2 aromatic rings. The normalized spacial score (nSPS) is 11.5. The third-order valence-electron chi connectivity index (χ3n) is 3.03. The number of rotatable bonds is 5. The Hall–Kier alpha value is -2.80. The van der Waals surface area contributed by atoms with Crippen LogP contribution in [-0.4, -0.2) is 23.8 Å². The summed E-state index contributed by atoms with van der Waals surface area (Å²) in [4.78, 5) is 35.0. The summed E-state index contributed by atoms with van der Waals surface area (Å²) < 4.78 is 4.96. The standard InChI is InChI=1S/C16H16ClN3O4/c1-9(18-16(23)14-4-3-7-24-14)15(22)20-11-5-6-13(12(17)8-11)19-10(2)21/h3-9H,1-2H3,(H,18,23)(H,19,21)(H,20,22). The van der Waals surface area contributed by atoms with Gasteiger partial charge in [0.1, 0.15) is 6.04 Å². The zero-order chi connectivity index (χ0) is 17.7. The largest absolute Gasteiger partial charge is 0.459 e. The fraction of sp³-hybridized carbons (Fsp3) is 0.188. The van der Waals surface area contributed by atoms with E-state index >= 15 is 0 Å². The number of nitrogens with one attached hydrogen (secondary N) is 3. The summed E-state index contributed by atoms with van der Waals surface area (Å²) in [5, 5.41) is 8.01. The van der Waals surface area contributed by atoms with E-state index in [1.165, 1.54) is 25.3 Å². The molecule has 1 aromatic carbocycles. The van der Waals surface area contributed by atoms with E-state index in [-0.39, 0.29) is 16.7 Å². The van der Waals surface area contributed by atoms with Crippen LogP contribution in [0.4, 0.5) is 11.4 Å². The first kappa shape index (κ1) is 17.6. The summed E-state index contributed by atoms with van der Waals surface area (Å²) in [6.45, 7) is 2.92. The van der Waals surface area contributed by atoms with Crippen LogP contribution >= 0.6 is 11.6 Å². The van der Waals surface area contributed by atoms with E-state index < -0.39 is 17.9 Å². The van der Waals surface area contributed by atoms with Gasteiger partial charge in [-0.15, -0.1) is 0 Å². The van der Waals surface area contributed by atoms with Gasteiger partial charge < -0.3 is 20.4 Å². The molecule has 0 aliphatic carbocycles. The van der Waals surface area contributed by atoms with Crippen molar-refractivity contribution in [1.29, 1.82) is 0 Å². The number of hydrogen-bond donors (Lipinski definition) is 3. The first-order valence-corrected chi connectivity index (χ1v) is 7.47. The van der Waals surface area contributed by atoms with E-state index in [0.717, 1.165) is 0 Å². The number of halogens is 1. The summed E-state index contributed by atoms with van der Waals surface area (Å²) in [5.74, 6) is -1.03. The van der Waals surface area contributed by atoms with Crippen molar-refractivity contribution < 1.29 is 18.8 Å². The molecule has 24 heavy (non-hydrogen) atoms. The smallest absolute Gasteiger partial charge is 0.287 e. The van der Waals surface area contributed by atoms with E-state index in [4.69, 9.17) is 16.0 Å². The highest BCUT2D eigenvalue weighted by Crippen LogP contribution is 2.25. The molecule has 2 rings (SSSR count). The molecule has 3 amide bonds. The minimum atomic E-state index is -0.781. The molecule has 1 aromatic heterocycles. The van der Waals surface area contributed by atoms with Gasteiger partial charge in [-0.05, 0) is 37.3 Å². The molecule has 8 heteroatoms. The monoisotopic (exact) mass is 349 g/mol. The molecule has 1 atom stereocenters. The lowest BCUT2D eigenvalue weighted by molar-refractivity contribution is -0.117. The lowest BCUT2D eigenvalue weighted by atomic mass is 10.2. The van der Waals surface area contributed by atoms with E-state index in [9.17, 15) is 14.4 Å². The number of hydrogen-bond acceptors (Lipinski definition) is 4. The SMILES string of the molecule is CC(=O)Nc1ccc(NC(=O)C(C)NC(=O)c2ccco2)cc1Cl. The molecular weight excluding hydrogens is 334 g/mol. The molecule has 1 unspecified atom stereocenters. The number of benzene rings is 1. The lowest BCUT2D eigenvalue weighted by Crippen LogP contribution is -2.41. The van der Waals surface area contributed by atoms with Crippen molar-refractivity contribution in [2.45, 2.75) is 19.9 Å². The summed E-state index contributed by atoms with van der Waals surface area (Å²) in [7, 11) is 0. The molecule has 1 heterocycles. The van der Waals surface area contributed by atoms with E-state index in [0.29, 0.717) is 11.4 Å². The molecule has 0 fully saturated rings.